The lowest BCUT2D eigenvalue weighted by Crippen LogP contribution is -2.29. The summed E-state index contributed by atoms with van der Waals surface area (Å²) in [7, 11) is 5.80. The fourth-order valence-corrected chi connectivity index (χ4v) is 4.78. The number of carbonyl (C=O) groups excluding carboxylic acids is 2. The number of ether oxygens (including phenoxy) is 5. The van der Waals surface area contributed by atoms with Crippen LogP contribution in [0.25, 0.3) is 5.76 Å². The highest BCUT2D eigenvalue weighted by Gasteiger charge is 2.48. The number of ketones is 1. The lowest BCUT2D eigenvalue weighted by atomic mass is 9.94. The van der Waals surface area contributed by atoms with Crippen LogP contribution in [0, 0.1) is 0 Å². The van der Waals surface area contributed by atoms with Gasteiger partial charge in [-0.05, 0) is 42.8 Å². The number of Topliss-reactive ketones (excluding diaryl/α,β-unsaturated/α-hetero) is 1. The Kier molecular flexibility index (Phi) is 8.21. The van der Waals surface area contributed by atoms with Crippen LogP contribution in [0.3, 0.4) is 0 Å². The molecule has 9 nitrogen and oxygen atoms in total. The predicted molar refractivity (Wildman–Crippen MR) is 146 cm³/mol. The molecule has 0 spiro atoms. The molecule has 1 saturated heterocycles. The maximum Gasteiger partial charge on any atom is 0.300 e. The number of aliphatic hydroxyl groups excluding tert-OH is 1. The van der Waals surface area contributed by atoms with Crippen LogP contribution >= 0.6 is 11.6 Å². The highest BCUT2D eigenvalue weighted by atomic mass is 35.5. The van der Waals surface area contributed by atoms with Crippen molar-refractivity contribution in [2.24, 2.45) is 0 Å². The molecule has 204 valence electrons. The van der Waals surface area contributed by atoms with E-state index in [1.165, 1.54) is 45.5 Å². The molecule has 0 bridgehead atoms. The van der Waals surface area contributed by atoms with Crippen molar-refractivity contribution in [2.45, 2.75) is 13.0 Å². The van der Waals surface area contributed by atoms with Crippen molar-refractivity contribution in [2.75, 3.05) is 39.9 Å². The lowest BCUT2D eigenvalue weighted by molar-refractivity contribution is -0.132. The Morgan fingerprint density at radius 2 is 1.51 bits per heavy atom. The molecule has 39 heavy (non-hydrogen) atoms. The molecular formula is C29H28ClNO8. The third-order valence-electron chi connectivity index (χ3n) is 6.32. The number of benzene rings is 3. The van der Waals surface area contributed by atoms with Crippen molar-refractivity contribution in [3.05, 3.63) is 76.3 Å². The van der Waals surface area contributed by atoms with Crippen molar-refractivity contribution in [1.82, 2.24) is 0 Å². The molecule has 1 amide bonds. The number of hydrogen-bond acceptors (Lipinski definition) is 8. The second-order valence-corrected chi connectivity index (χ2v) is 8.78. The Hall–Kier alpha value is -4.37. The van der Waals surface area contributed by atoms with Crippen LogP contribution in [-0.2, 0) is 9.59 Å². The van der Waals surface area contributed by atoms with Crippen LogP contribution in [0.2, 0.25) is 5.02 Å². The van der Waals surface area contributed by atoms with Gasteiger partial charge < -0.3 is 28.8 Å². The minimum absolute atomic E-state index is 0.125. The quantitative estimate of drug-likeness (QED) is 0.213. The monoisotopic (exact) mass is 553 g/mol. The number of amides is 1. The molecule has 1 heterocycles. The van der Waals surface area contributed by atoms with Gasteiger partial charge in [0.25, 0.3) is 11.7 Å². The van der Waals surface area contributed by atoms with Crippen LogP contribution in [0.5, 0.6) is 28.7 Å². The molecule has 1 atom stereocenters. The van der Waals surface area contributed by atoms with Gasteiger partial charge in [-0.15, -0.1) is 0 Å². The Bertz CT molecular complexity index is 1450. The standard InChI is InChI=1S/C29H28ClNO8/c1-6-39-24-13-16(11-12-21(24)36-3)26-25(27(32)17-14-23(38-5)18(30)15-22(17)37-4)28(33)29(34)31(26)19-9-7-8-10-20(19)35-2/h7-15,26,32H,6H2,1-5H3/b27-25+. The normalized spacial score (nSPS) is 16.3. The highest BCUT2D eigenvalue weighted by molar-refractivity contribution is 6.52. The van der Waals surface area contributed by atoms with E-state index in [9.17, 15) is 14.7 Å². The number of para-hydroxylation sites is 2. The molecule has 0 saturated carbocycles. The molecule has 1 aliphatic heterocycles. The number of anilines is 1. The molecule has 3 aromatic rings. The molecule has 0 aromatic heterocycles. The molecule has 3 aromatic carbocycles. The number of aliphatic hydroxyl groups is 1. The third-order valence-corrected chi connectivity index (χ3v) is 6.62. The van der Waals surface area contributed by atoms with Gasteiger partial charge in [0, 0.05) is 6.07 Å². The maximum absolute atomic E-state index is 13.6. The van der Waals surface area contributed by atoms with Crippen LogP contribution in [-0.4, -0.2) is 51.8 Å². The van der Waals surface area contributed by atoms with Crippen molar-refractivity contribution in [1.29, 1.82) is 0 Å². The largest absolute Gasteiger partial charge is 0.507 e. The molecule has 10 heteroatoms. The van der Waals surface area contributed by atoms with E-state index in [4.69, 9.17) is 35.3 Å². The fourth-order valence-electron chi connectivity index (χ4n) is 4.55. The van der Waals surface area contributed by atoms with E-state index in [1.807, 2.05) is 6.92 Å². The molecule has 1 aliphatic rings. The lowest BCUT2D eigenvalue weighted by Gasteiger charge is -2.27. The van der Waals surface area contributed by atoms with Gasteiger partial charge >= 0.3 is 0 Å². The first-order chi connectivity index (χ1) is 18.8. The van der Waals surface area contributed by atoms with E-state index in [2.05, 4.69) is 0 Å². The molecule has 1 unspecified atom stereocenters. The summed E-state index contributed by atoms with van der Waals surface area (Å²) < 4.78 is 27.4. The summed E-state index contributed by atoms with van der Waals surface area (Å²) in [5.74, 6) is -0.520. The molecule has 1 fully saturated rings. The van der Waals surface area contributed by atoms with Gasteiger partial charge in [0.05, 0.1) is 62.9 Å². The summed E-state index contributed by atoms with van der Waals surface area (Å²) >= 11 is 6.26. The summed E-state index contributed by atoms with van der Waals surface area (Å²) in [6.45, 7) is 2.18. The third kappa shape index (κ3) is 4.93. The first-order valence-corrected chi connectivity index (χ1v) is 12.4. The summed E-state index contributed by atoms with van der Waals surface area (Å²) in [5, 5.41) is 11.9. The van der Waals surface area contributed by atoms with E-state index >= 15 is 0 Å². The van der Waals surface area contributed by atoms with Crippen LogP contribution in [0.15, 0.2) is 60.2 Å². The second-order valence-electron chi connectivity index (χ2n) is 8.37. The van der Waals surface area contributed by atoms with Gasteiger partial charge in [-0.1, -0.05) is 29.8 Å². The molecule has 0 radical (unpaired) electrons. The zero-order valence-corrected chi connectivity index (χ0v) is 22.9. The van der Waals surface area contributed by atoms with Crippen molar-refractivity contribution in [3.63, 3.8) is 0 Å². The summed E-state index contributed by atoms with van der Waals surface area (Å²) in [4.78, 5) is 28.5. The summed E-state index contributed by atoms with van der Waals surface area (Å²) in [6.07, 6.45) is 0. The van der Waals surface area contributed by atoms with Gasteiger partial charge in [-0.3, -0.25) is 14.5 Å². The Morgan fingerprint density at radius 1 is 0.846 bits per heavy atom. The zero-order valence-electron chi connectivity index (χ0n) is 22.1. The smallest absolute Gasteiger partial charge is 0.300 e. The van der Waals surface area contributed by atoms with E-state index in [-0.39, 0.29) is 27.7 Å². The Labute approximate surface area is 231 Å². The van der Waals surface area contributed by atoms with E-state index < -0.39 is 23.5 Å². The van der Waals surface area contributed by atoms with Gasteiger partial charge in [0.2, 0.25) is 0 Å². The summed E-state index contributed by atoms with van der Waals surface area (Å²) in [6, 6.07) is 13.7. The number of nitrogens with zero attached hydrogens (tertiary/aromatic N) is 1. The number of hydrogen-bond donors (Lipinski definition) is 1. The van der Waals surface area contributed by atoms with Gasteiger partial charge in [-0.25, -0.2) is 0 Å². The topological polar surface area (TPSA) is 104 Å². The van der Waals surface area contributed by atoms with Gasteiger partial charge in [0.15, 0.2) is 11.5 Å². The molecular weight excluding hydrogens is 526 g/mol. The average Bonchev–Trinajstić information content (AvgIpc) is 3.22. The summed E-state index contributed by atoms with van der Waals surface area (Å²) in [5.41, 5.74) is 0.799. The minimum atomic E-state index is -1.06. The first kappa shape index (κ1) is 27.7. The van der Waals surface area contributed by atoms with E-state index in [0.717, 1.165) is 0 Å². The number of methoxy groups -OCH3 is 4. The average molecular weight is 554 g/mol. The predicted octanol–water partition coefficient (Wildman–Crippen LogP) is 5.40. The second kappa shape index (κ2) is 11.6. The molecule has 4 rings (SSSR count). The van der Waals surface area contributed by atoms with Crippen LogP contribution in [0.4, 0.5) is 5.69 Å². The molecule has 1 N–H and O–H groups in total. The SMILES string of the molecule is CCOc1cc(C2/C(=C(\O)c3cc(OC)c(Cl)cc3OC)C(=O)C(=O)N2c2ccccc2OC)ccc1OC. The van der Waals surface area contributed by atoms with Gasteiger partial charge in [-0.2, -0.15) is 0 Å². The minimum Gasteiger partial charge on any atom is -0.507 e. The van der Waals surface area contributed by atoms with Crippen LogP contribution < -0.4 is 28.6 Å². The van der Waals surface area contributed by atoms with E-state index in [0.29, 0.717) is 35.1 Å². The first-order valence-electron chi connectivity index (χ1n) is 12.0. The number of halogens is 1. The maximum atomic E-state index is 13.6. The van der Waals surface area contributed by atoms with Gasteiger partial charge in [0.1, 0.15) is 23.0 Å². The number of rotatable bonds is 9. The number of carbonyl (C=O) groups is 2. The van der Waals surface area contributed by atoms with Crippen molar-refractivity contribution in [3.8, 4) is 28.7 Å². The van der Waals surface area contributed by atoms with E-state index in [1.54, 1.807) is 42.5 Å². The van der Waals surface area contributed by atoms with Crippen molar-refractivity contribution >= 4 is 34.7 Å². The van der Waals surface area contributed by atoms with Crippen LogP contribution in [0.1, 0.15) is 24.1 Å². The van der Waals surface area contributed by atoms with Crippen molar-refractivity contribution < 1.29 is 38.4 Å². The Balaban J connectivity index is 2.04. The fraction of sp³-hybridized carbons (Fsp3) is 0.241. The zero-order chi connectivity index (χ0) is 28.3. The molecule has 0 aliphatic carbocycles. The Morgan fingerprint density at radius 3 is 2.15 bits per heavy atom. The highest BCUT2D eigenvalue weighted by Crippen LogP contribution is 2.47.